The van der Waals surface area contributed by atoms with Crippen molar-refractivity contribution in [3.8, 4) is 0 Å². The van der Waals surface area contributed by atoms with Crippen LogP contribution in [0.2, 0.25) is 0 Å². The average Bonchev–Trinajstić information content (AvgIpc) is 2.38. The predicted octanol–water partition coefficient (Wildman–Crippen LogP) is 1.08. The van der Waals surface area contributed by atoms with E-state index < -0.39 is 5.60 Å². The molecule has 4 nitrogen and oxygen atoms in total. The Kier molecular flexibility index (Phi) is 2.23. The molecule has 4 heteroatoms. The van der Waals surface area contributed by atoms with Gasteiger partial charge in [-0.2, -0.15) is 5.10 Å². The zero-order valence-electron chi connectivity index (χ0n) is 8.53. The van der Waals surface area contributed by atoms with E-state index in [4.69, 9.17) is 5.73 Å². The fourth-order valence-corrected chi connectivity index (χ4v) is 1.91. The molecule has 0 atom stereocenters. The molecule has 0 radical (unpaired) electrons. The molecule has 1 aromatic rings. The highest BCUT2D eigenvalue weighted by Crippen LogP contribution is 2.34. The molecular weight excluding hydrogens is 178 g/mol. The van der Waals surface area contributed by atoms with Crippen molar-refractivity contribution < 1.29 is 5.11 Å². The Morgan fingerprint density at radius 3 is 2.79 bits per heavy atom. The van der Waals surface area contributed by atoms with E-state index in [1.165, 1.54) is 0 Å². The first-order valence-corrected chi connectivity index (χ1v) is 5.11. The van der Waals surface area contributed by atoms with Gasteiger partial charge in [0.15, 0.2) is 0 Å². The van der Waals surface area contributed by atoms with Gasteiger partial charge >= 0.3 is 0 Å². The quantitative estimate of drug-likeness (QED) is 0.758. The first-order valence-electron chi connectivity index (χ1n) is 5.11. The second kappa shape index (κ2) is 3.28. The van der Waals surface area contributed by atoms with E-state index >= 15 is 0 Å². The number of rotatable bonds is 3. The minimum atomic E-state index is -0.423. The Morgan fingerprint density at radius 2 is 2.36 bits per heavy atom. The van der Waals surface area contributed by atoms with Gasteiger partial charge in [-0.25, -0.2) is 0 Å². The van der Waals surface area contributed by atoms with Gasteiger partial charge in [0.05, 0.1) is 5.60 Å². The van der Waals surface area contributed by atoms with Crippen LogP contribution in [0.25, 0.3) is 0 Å². The summed E-state index contributed by atoms with van der Waals surface area (Å²) in [6.07, 6.45) is 3.80. The molecule has 1 aromatic heterocycles. The lowest BCUT2D eigenvalue weighted by molar-refractivity contribution is -0.0439. The third-order valence-electron chi connectivity index (χ3n) is 3.07. The standard InChI is InChI=1S/C10H17N3O/c1-8-7-9(11)12-13(8)6-5-10(14)3-2-4-10/h7,14H,2-6H2,1H3,(H2,11,12). The molecule has 78 valence electrons. The minimum Gasteiger partial charge on any atom is -0.390 e. The molecule has 0 spiro atoms. The summed E-state index contributed by atoms with van der Waals surface area (Å²) in [5.41, 5.74) is 6.21. The number of hydrogen-bond acceptors (Lipinski definition) is 3. The maximum Gasteiger partial charge on any atom is 0.145 e. The van der Waals surface area contributed by atoms with Crippen molar-refractivity contribution in [1.82, 2.24) is 9.78 Å². The molecule has 0 saturated heterocycles. The number of anilines is 1. The molecular formula is C10H17N3O. The van der Waals surface area contributed by atoms with Crippen molar-refractivity contribution in [1.29, 1.82) is 0 Å². The molecule has 1 saturated carbocycles. The topological polar surface area (TPSA) is 64.1 Å². The van der Waals surface area contributed by atoms with Gasteiger partial charge in [-0.05, 0) is 32.6 Å². The zero-order chi connectivity index (χ0) is 10.2. The van der Waals surface area contributed by atoms with Crippen LogP contribution in [0.15, 0.2) is 6.07 Å². The number of nitrogens with zero attached hydrogens (tertiary/aromatic N) is 2. The molecule has 14 heavy (non-hydrogen) atoms. The van der Waals surface area contributed by atoms with E-state index in [9.17, 15) is 5.11 Å². The number of hydrogen-bond donors (Lipinski definition) is 2. The highest BCUT2D eigenvalue weighted by molar-refractivity contribution is 5.28. The molecule has 1 heterocycles. The predicted molar refractivity (Wildman–Crippen MR) is 54.8 cm³/mol. The number of aromatic nitrogens is 2. The van der Waals surface area contributed by atoms with Crippen LogP contribution in [0, 0.1) is 6.92 Å². The van der Waals surface area contributed by atoms with Gasteiger partial charge in [0.25, 0.3) is 0 Å². The van der Waals surface area contributed by atoms with Gasteiger partial charge in [-0.3, -0.25) is 4.68 Å². The Bertz CT molecular complexity index is 328. The van der Waals surface area contributed by atoms with Crippen molar-refractivity contribution in [2.45, 2.75) is 44.8 Å². The Labute approximate surface area is 83.7 Å². The molecule has 0 unspecified atom stereocenters. The third-order valence-corrected chi connectivity index (χ3v) is 3.07. The van der Waals surface area contributed by atoms with Crippen molar-refractivity contribution in [3.05, 3.63) is 11.8 Å². The summed E-state index contributed by atoms with van der Waals surface area (Å²) in [6, 6.07) is 1.85. The summed E-state index contributed by atoms with van der Waals surface area (Å²) >= 11 is 0. The van der Waals surface area contributed by atoms with E-state index in [-0.39, 0.29) is 0 Å². The van der Waals surface area contributed by atoms with Gasteiger partial charge in [-0.1, -0.05) is 0 Å². The summed E-state index contributed by atoms with van der Waals surface area (Å²) in [7, 11) is 0. The maximum absolute atomic E-state index is 9.90. The lowest BCUT2D eigenvalue weighted by Gasteiger charge is -2.36. The van der Waals surface area contributed by atoms with Crippen molar-refractivity contribution in [3.63, 3.8) is 0 Å². The number of aliphatic hydroxyl groups is 1. The molecule has 3 N–H and O–H groups in total. The van der Waals surface area contributed by atoms with Crippen molar-refractivity contribution in [2.24, 2.45) is 0 Å². The lowest BCUT2D eigenvalue weighted by Crippen LogP contribution is -2.37. The number of aryl methyl sites for hydroxylation is 2. The van der Waals surface area contributed by atoms with E-state index in [1.807, 2.05) is 17.7 Å². The van der Waals surface area contributed by atoms with Crippen LogP contribution >= 0.6 is 0 Å². The van der Waals surface area contributed by atoms with Gasteiger partial charge < -0.3 is 10.8 Å². The molecule has 0 bridgehead atoms. The normalized spacial score (nSPS) is 19.3. The highest BCUT2D eigenvalue weighted by atomic mass is 16.3. The summed E-state index contributed by atoms with van der Waals surface area (Å²) in [5.74, 6) is 0.558. The van der Waals surface area contributed by atoms with Crippen LogP contribution in [0.4, 0.5) is 5.82 Å². The summed E-state index contributed by atoms with van der Waals surface area (Å²) in [4.78, 5) is 0. The Hall–Kier alpha value is -1.03. The Morgan fingerprint density at radius 1 is 1.64 bits per heavy atom. The molecule has 1 aliphatic rings. The fraction of sp³-hybridized carbons (Fsp3) is 0.700. The van der Waals surface area contributed by atoms with E-state index in [2.05, 4.69) is 5.10 Å². The average molecular weight is 195 g/mol. The van der Waals surface area contributed by atoms with Crippen molar-refractivity contribution in [2.75, 3.05) is 5.73 Å². The second-order valence-corrected chi connectivity index (χ2v) is 4.26. The Balaban J connectivity index is 1.94. The van der Waals surface area contributed by atoms with E-state index in [0.29, 0.717) is 5.82 Å². The monoisotopic (exact) mass is 195 g/mol. The van der Waals surface area contributed by atoms with Crippen molar-refractivity contribution >= 4 is 5.82 Å². The molecule has 0 amide bonds. The van der Waals surface area contributed by atoms with Gasteiger partial charge in [0, 0.05) is 18.3 Å². The summed E-state index contributed by atoms with van der Waals surface area (Å²) in [6.45, 7) is 2.74. The first kappa shape index (κ1) is 9.52. The van der Waals surface area contributed by atoms with Crippen LogP contribution in [-0.2, 0) is 6.54 Å². The maximum atomic E-state index is 9.90. The van der Waals surface area contributed by atoms with Crippen LogP contribution in [0.5, 0.6) is 0 Å². The highest BCUT2D eigenvalue weighted by Gasteiger charge is 2.33. The molecule has 2 rings (SSSR count). The third kappa shape index (κ3) is 1.75. The van der Waals surface area contributed by atoms with E-state index in [1.54, 1.807) is 0 Å². The summed E-state index contributed by atoms with van der Waals surface area (Å²) in [5, 5.41) is 14.1. The number of nitrogen functional groups attached to an aromatic ring is 1. The molecule has 1 aliphatic carbocycles. The van der Waals surface area contributed by atoms with Crippen LogP contribution in [0.1, 0.15) is 31.4 Å². The number of nitrogens with two attached hydrogens (primary N) is 1. The second-order valence-electron chi connectivity index (χ2n) is 4.26. The van der Waals surface area contributed by atoms with E-state index in [0.717, 1.165) is 37.9 Å². The largest absolute Gasteiger partial charge is 0.390 e. The zero-order valence-corrected chi connectivity index (χ0v) is 8.53. The van der Waals surface area contributed by atoms with Gasteiger partial charge in [0.2, 0.25) is 0 Å². The smallest absolute Gasteiger partial charge is 0.145 e. The first-order chi connectivity index (χ1) is 6.59. The fourth-order valence-electron chi connectivity index (χ4n) is 1.91. The summed E-state index contributed by atoms with van der Waals surface area (Å²) < 4.78 is 1.87. The van der Waals surface area contributed by atoms with Gasteiger partial charge in [0.1, 0.15) is 5.82 Å². The molecule has 1 fully saturated rings. The minimum absolute atomic E-state index is 0.423. The van der Waals surface area contributed by atoms with Crippen LogP contribution < -0.4 is 5.73 Å². The van der Waals surface area contributed by atoms with Crippen LogP contribution in [0.3, 0.4) is 0 Å². The van der Waals surface area contributed by atoms with Gasteiger partial charge in [-0.15, -0.1) is 0 Å². The molecule has 0 aliphatic heterocycles. The SMILES string of the molecule is Cc1cc(N)nn1CCC1(O)CCC1. The van der Waals surface area contributed by atoms with Crippen LogP contribution in [-0.4, -0.2) is 20.5 Å². The lowest BCUT2D eigenvalue weighted by atomic mass is 9.78. The molecule has 0 aromatic carbocycles.